The van der Waals surface area contributed by atoms with Crippen LogP contribution in [0.25, 0.3) is 0 Å². The summed E-state index contributed by atoms with van der Waals surface area (Å²) in [5.41, 5.74) is 2.12. The van der Waals surface area contributed by atoms with E-state index in [2.05, 4.69) is 11.4 Å². The van der Waals surface area contributed by atoms with E-state index in [9.17, 15) is 29.4 Å². The highest BCUT2D eigenvalue weighted by Gasteiger charge is 2.22. The number of hydrogen-bond acceptors (Lipinski definition) is 7. The number of esters is 1. The molecule has 1 heterocycles. The molecule has 180 valence electrons. The normalized spacial score (nSPS) is 10.5. The van der Waals surface area contributed by atoms with Crippen LogP contribution in [0.3, 0.4) is 0 Å². The van der Waals surface area contributed by atoms with Gasteiger partial charge in [0, 0.05) is 18.3 Å². The van der Waals surface area contributed by atoms with Crippen molar-refractivity contribution in [1.29, 1.82) is 5.26 Å². The van der Waals surface area contributed by atoms with E-state index in [0.717, 1.165) is 17.3 Å². The Labute approximate surface area is 204 Å². The summed E-state index contributed by atoms with van der Waals surface area (Å²) in [5.74, 6) is -1.74. The minimum Gasteiger partial charge on any atom is -0.452 e. The molecule has 1 N–H and O–H groups in total. The number of carbonyl (C=O) groups is 2. The van der Waals surface area contributed by atoms with Gasteiger partial charge >= 0.3 is 5.97 Å². The number of anilines is 1. The second-order valence-electron chi connectivity index (χ2n) is 7.53. The molecule has 0 unspecified atom stereocenters. The lowest BCUT2D eigenvalue weighted by Crippen LogP contribution is -2.23. The number of carbonyl (C=O) groups excluding carboxylic acids is 2. The molecular weight excluding hydrogens is 475 g/mol. The molecule has 0 aliphatic carbocycles. The second kappa shape index (κ2) is 10.8. The first-order valence-electron chi connectivity index (χ1n) is 10.3. The number of amides is 1. The van der Waals surface area contributed by atoms with Gasteiger partial charge < -0.3 is 14.6 Å². The summed E-state index contributed by atoms with van der Waals surface area (Å²) in [4.78, 5) is 36.0. The van der Waals surface area contributed by atoms with E-state index in [-0.39, 0.29) is 35.0 Å². The number of hydrogen-bond donors (Lipinski definition) is 1. The fourth-order valence-corrected chi connectivity index (χ4v) is 3.99. The highest BCUT2D eigenvalue weighted by molar-refractivity contribution is 7.98. The molecule has 0 radical (unpaired) electrons. The third kappa shape index (κ3) is 5.67. The van der Waals surface area contributed by atoms with Crippen LogP contribution in [0.15, 0.2) is 47.4 Å². The van der Waals surface area contributed by atoms with E-state index in [4.69, 9.17) is 4.74 Å². The predicted octanol–water partition coefficient (Wildman–Crippen LogP) is 4.59. The van der Waals surface area contributed by atoms with Gasteiger partial charge in [-0.15, -0.1) is 11.8 Å². The number of nitrogens with zero attached hydrogens (tertiary/aromatic N) is 3. The first-order valence-corrected chi connectivity index (χ1v) is 11.5. The second-order valence-corrected chi connectivity index (χ2v) is 8.37. The van der Waals surface area contributed by atoms with Crippen molar-refractivity contribution in [2.24, 2.45) is 0 Å². The van der Waals surface area contributed by atoms with Crippen LogP contribution in [-0.2, 0) is 16.1 Å². The van der Waals surface area contributed by atoms with Crippen LogP contribution in [0.1, 0.15) is 32.7 Å². The van der Waals surface area contributed by atoms with E-state index < -0.39 is 23.4 Å². The maximum atomic E-state index is 13.3. The minimum absolute atomic E-state index is 0.0635. The average Bonchev–Trinajstić information content (AvgIpc) is 3.06. The monoisotopic (exact) mass is 496 g/mol. The summed E-state index contributed by atoms with van der Waals surface area (Å²) in [6, 6.07) is 11.8. The zero-order valence-corrected chi connectivity index (χ0v) is 19.9. The zero-order valence-electron chi connectivity index (χ0n) is 19.1. The number of nitriles is 1. The van der Waals surface area contributed by atoms with E-state index >= 15 is 0 Å². The molecule has 0 bridgehead atoms. The zero-order chi connectivity index (χ0) is 25.7. The third-order valence-corrected chi connectivity index (χ3v) is 6.18. The summed E-state index contributed by atoms with van der Waals surface area (Å²) in [6.07, 6.45) is 1.68. The van der Waals surface area contributed by atoms with Gasteiger partial charge in [0.25, 0.3) is 11.6 Å². The number of nitrogens with one attached hydrogen (secondary N) is 1. The van der Waals surface area contributed by atoms with Crippen LogP contribution in [0, 0.1) is 41.1 Å². The topological polar surface area (TPSA) is 127 Å². The van der Waals surface area contributed by atoms with Gasteiger partial charge in [-0.05, 0) is 55.5 Å². The van der Waals surface area contributed by atoms with E-state index in [0.29, 0.717) is 10.5 Å². The Morgan fingerprint density at radius 1 is 1.23 bits per heavy atom. The largest absolute Gasteiger partial charge is 0.452 e. The fourth-order valence-electron chi connectivity index (χ4n) is 3.44. The number of nitro groups is 1. The lowest BCUT2D eigenvalue weighted by Gasteiger charge is -2.13. The Hall–Kier alpha value is -4.17. The molecule has 0 saturated heterocycles. The molecule has 9 nitrogen and oxygen atoms in total. The van der Waals surface area contributed by atoms with Crippen molar-refractivity contribution in [3.8, 4) is 6.07 Å². The Balaban J connectivity index is 1.76. The first-order chi connectivity index (χ1) is 16.7. The van der Waals surface area contributed by atoms with Gasteiger partial charge in [0.15, 0.2) is 6.61 Å². The number of aromatic nitrogens is 1. The molecular formula is C24H21FN4O5S. The fraction of sp³-hybridized carbons (Fsp3) is 0.208. The molecule has 35 heavy (non-hydrogen) atoms. The molecule has 0 fully saturated rings. The molecule has 0 saturated carbocycles. The number of halogens is 1. The van der Waals surface area contributed by atoms with Crippen molar-refractivity contribution in [3.05, 3.63) is 86.3 Å². The molecule has 1 amide bonds. The van der Waals surface area contributed by atoms with Crippen molar-refractivity contribution >= 4 is 35.1 Å². The predicted molar refractivity (Wildman–Crippen MR) is 128 cm³/mol. The van der Waals surface area contributed by atoms with Gasteiger partial charge in [0.05, 0.1) is 20.9 Å². The van der Waals surface area contributed by atoms with E-state index in [1.54, 1.807) is 36.8 Å². The van der Waals surface area contributed by atoms with Crippen molar-refractivity contribution in [1.82, 2.24) is 4.57 Å². The molecule has 11 heteroatoms. The summed E-state index contributed by atoms with van der Waals surface area (Å²) in [6.45, 7) is 3.15. The molecule has 1 aromatic heterocycles. The molecule has 0 aliphatic heterocycles. The van der Waals surface area contributed by atoms with Crippen LogP contribution in [-0.4, -0.2) is 34.2 Å². The van der Waals surface area contributed by atoms with Crippen molar-refractivity contribution in [2.75, 3.05) is 18.2 Å². The van der Waals surface area contributed by atoms with Gasteiger partial charge in [-0.25, -0.2) is 9.18 Å². The van der Waals surface area contributed by atoms with Crippen LogP contribution >= 0.6 is 11.8 Å². The van der Waals surface area contributed by atoms with E-state index in [1.165, 1.54) is 36.0 Å². The third-order valence-electron chi connectivity index (χ3n) is 5.40. The molecule has 3 rings (SSSR count). The lowest BCUT2D eigenvalue weighted by molar-refractivity contribution is -0.387. The number of ether oxygens (including phenoxy) is 1. The average molecular weight is 497 g/mol. The van der Waals surface area contributed by atoms with Crippen molar-refractivity contribution in [2.45, 2.75) is 25.3 Å². The van der Waals surface area contributed by atoms with Gasteiger partial charge in [-0.2, -0.15) is 5.26 Å². The number of thioether (sulfide) groups is 1. The Bertz CT molecular complexity index is 1350. The standard InChI is InChI=1S/C24H21FN4O5S/c1-14-15(2)28(12-16-4-7-18(25)8-5-16)23(19(14)11-26)27-22(30)13-34-24(31)17-6-9-21(35-3)20(10-17)29(32)33/h4-10H,12-13H2,1-3H3,(H,27,30). The summed E-state index contributed by atoms with van der Waals surface area (Å²) >= 11 is 1.17. The van der Waals surface area contributed by atoms with Crippen LogP contribution in [0.2, 0.25) is 0 Å². The van der Waals surface area contributed by atoms with Crippen LogP contribution in [0.4, 0.5) is 15.9 Å². The van der Waals surface area contributed by atoms with Crippen LogP contribution < -0.4 is 5.32 Å². The van der Waals surface area contributed by atoms with Gasteiger partial charge in [-0.1, -0.05) is 12.1 Å². The van der Waals surface area contributed by atoms with Gasteiger partial charge in [0.1, 0.15) is 17.7 Å². The van der Waals surface area contributed by atoms with Gasteiger partial charge in [0.2, 0.25) is 0 Å². The molecule has 0 aliphatic rings. The summed E-state index contributed by atoms with van der Waals surface area (Å²) < 4.78 is 20.0. The van der Waals surface area contributed by atoms with Crippen molar-refractivity contribution in [3.63, 3.8) is 0 Å². The molecule has 0 atom stereocenters. The summed E-state index contributed by atoms with van der Waals surface area (Å²) in [7, 11) is 0. The maximum Gasteiger partial charge on any atom is 0.338 e. The lowest BCUT2D eigenvalue weighted by atomic mass is 10.2. The first kappa shape index (κ1) is 25.5. The summed E-state index contributed by atoms with van der Waals surface area (Å²) in [5, 5.41) is 23.5. The van der Waals surface area contributed by atoms with E-state index in [1.807, 2.05) is 0 Å². The Kier molecular flexibility index (Phi) is 7.88. The molecule has 3 aromatic rings. The highest BCUT2D eigenvalue weighted by Crippen LogP contribution is 2.29. The van der Waals surface area contributed by atoms with Crippen LogP contribution in [0.5, 0.6) is 0 Å². The molecule has 2 aromatic carbocycles. The Morgan fingerprint density at radius 3 is 2.51 bits per heavy atom. The SMILES string of the molecule is CSc1ccc(C(=O)OCC(=O)Nc2c(C#N)c(C)c(C)n2Cc2ccc(F)cc2)cc1[N+](=O)[O-]. The number of nitro benzene ring substituents is 1. The quantitative estimate of drug-likeness (QED) is 0.209. The number of rotatable bonds is 8. The highest BCUT2D eigenvalue weighted by atomic mass is 32.2. The Morgan fingerprint density at radius 2 is 1.91 bits per heavy atom. The van der Waals surface area contributed by atoms with Crippen molar-refractivity contribution < 1.29 is 23.6 Å². The van der Waals surface area contributed by atoms with Gasteiger partial charge in [-0.3, -0.25) is 14.9 Å². The molecule has 0 spiro atoms. The maximum absolute atomic E-state index is 13.3. The number of benzene rings is 2. The minimum atomic E-state index is -0.898. The smallest absolute Gasteiger partial charge is 0.338 e.